The summed E-state index contributed by atoms with van der Waals surface area (Å²) < 4.78 is 0. The molecule has 4 unspecified atom stereocenters. The van der Waals surface area contributed by atoms with Crippen molar-refractivity contribution in [2.24, 2.45) is 23.7 Å². The van der Waals surface area contributed by atoms with Crippen LogP contribution in [0.1, 0.15) is 27.7 Å². The Morgan fingerprint density at radius 3 is 1.08 bits per heavy atom. The molecule has 80 valence electrons. The first-order chi connectivity index (χ1) is 5.76. The van der Waals surface area contributed by atoms with E-state index in [1.165, 1.54) is 0 Å². The minimum absolute atomic E-state index is 0.367. The van der Waals surface area contributed by atoms with Gasteiger partial charge in [0.2, 0.25) is 0 Å². The van der Waals surface area contributed by atoms with Crippen LogP contribution in [0, 0.1) is 23.7 Å². The van der Waals surface area contributed by atoms with Gasteiger partial charge in [-0.3, -0.25) is 0 Å². The maximum absolute atomic E-state index is 2.48. The van der Waals surface area contributed by atoms with Crippen molar-refractivity contribution in [3.05, 3.63) is 0 Å². The van der Waals surface area contributed by atoms with E-state index in [2.05, 4.69) is 46.5 Å². The van der Waals surface area contributed by atoms with E-state index in [9.17, 15) is 0 Å². The highest BCUT2D eigenvalue weighted by atomic mass is 32.3. The molecule has 0 aromatic rings. The molecule has 0 saturated heterocycles. The monoisotopic (exact) mass is 202 g/mol. The summed E-state index contributed by atoms with van der Waals surface area (Å²) in [4.78, 5) is 0. The van der Waals surface area contributed by atoms with E-state index in [-0.39, 0.29) is 10.0 Å². The molecule has 13 heavy (non-hydrogen) atoms. The molecular weight excluding hydrogens is 176 g/mol. The van der Waals surface area contributed by atoms with Crippen molar-refractivity contribution in [1.82, 2.24) is 0 Å². The molecule has 1 aliphatic carbocycles. The topological polar surface area (TPSA) is 0 Å². The molecule has 0 spiro atoms. The van der Waals surface area contributed by atoms with E-state index in [0.717, 1.165) is 28.9 Å². The summed E-state index contributed by atoms with van der Waals surface area (Å²) in [5.41, 5.74) is 0. The number of rotatable bonds is 1. The van der Waals surface area contributed by atoms with Gasteiger partial charge in [0.05, 0.1) is 0 Å². The molecule has 4 atom stereocenters. The van der Waals surface area contributed by atoms with Crippen LogP contribution < -0.4 is 0 Å². The normalized spacial score (nSPS) is 48.1. The Hall–Kier alpha value is 0.350. The molecule has 1 rings (SSSR count). The third kappa shape index (κ3) is 1.91. The van der Waals surface area contributed by atoms with E-state index < -0.39 is 0 Å². The van der Waals surface area contributed by atoms with Crippen molar-refractivity contribution in [3.63, 3.8) is 0 Å². The summed E-state index contributed by atoms with van der Waals surface area (Å²) in [6.45, 7) is 9.81. The molecule has 0 N–H and O–H groups in total. The molecule has 0 bridgehead atoms. The second kappa shape index (κ2) is 3.49. The van der Waals surface area contributed by atoms with Crippen molar-refractivity contribution < 1.29 is 0 Å². The Kier molecular flexibility index (Phi) is 3.07. The van der Waals surface area contributed by atoms with Gasteiger partial charge >= 0.3 is 0 Å². The average Bonchev–Trinajstić information content (AvgIpc) is 2.14. The van der Waals surface area contributed by atoms with Gasteiger partial charge in [0.25, 0.3) is 0 Å². The van der Waals surface area contributed by atoms with Gasteiger partial charge in [-0.2, -0.15) is 0 Å². The van der Waals surface area contributed by atoms with Crippen LogP contribution in [0.15, 0.2) is 0 Å². The van der Waals surface area contributed by atoms with Crippen molar-refractivity contribution in [2.75, 3.05) is 18.8 Å². The van der Waals surface area contributed by atoms with Crippen LogP contribution in [0.3, 0.4) is 0 Å². The minimum Gasteiger partial charge on any atom is -0.246 e. The molecule has 0 amide bonds. The van der Waals surface area contributed by atoms with Crippen LogP contribution in [0.4, 0.5) is 0 Å². The van der Waals surface area contributed by atoms with E-state index >= 15 is 0 Å². The van der Waals surface area contributed by atoms with Gasteiger partial charge in [0.1, 0.15) is 0 Å². The lowest BCUT2D eigenvalue weighted by Crippen LogP contribution is -2.25. The second-order valence-electron chi connectivity index (χ2n) is 5.83. The smallest absolute Gasteiger partial charge is 0.00625 e. The van der Waals surface area contributed by atoms with Gasteiger partial charge in [0, 0.05) is 0 Å². The fraction of sp³-hybridized carbons (Fsp3) is 1.00. The maximum Gasteiger partial charge on any atom is -0.00625 e. The van der Waals surface area contributed by atoms with Crippen LogP contribution in [0.5, 0.6) is 0 Å². The van der Waals surface area contributed by atoms with E-state index in [1.807, 2.05) is 0 Å². The Morgan fingerprint density at radius 1 is 0.615 bits per heavy atom. The van der Waals surface area contributed by atoms with Gasteiger partial charge in [-0.05, 0) is 47.7 Å². The third-order valence-electron chi connectivity index (χ3n) is 4.34. The van der Waals surface area contributed by atoms with Gasteiger partial charge in [-0.1, -0.05) is 27.7 Å². The van der Waals surface area contributed by atoms with E-state index in [0.29, 0.717) is 0 Å². The molecule has 1 saturated carbocycles. The molecule has 1 heteroatoms. The molecular formula is C12H26S. The predicted molar refractivity (Wildman–Crippen MR) is 65.8 cm³/mol. The molecule has 1 fully saturated rings. The number of hydrogen-bond donors (Lipinski definition) is 0. The Morgan fingerprint density at radius 2 is 0.923 bits per heavy atom. The van der Waals surface area contributed by atoms with Crippen LogP contribution in [-0.4, -0.2) is 24.0 Å². The van der Waals surface area contributed by atoms with Gasteiger partial charge in [0.15, 0.2) is 0 Å². The fourth-order valence-electron chi connectivity index (χ4n) is 3.32. The van der Waals surface area contributed by atoms with Crippen molar-refractivity contribution in [2.45, 2.75) is 32.9 Å². The first kappa shape index (κ1) is 11.4. The predicted octanol–water partition coefficient (Wildman–Crippen LogP) is 3.61. The summed E-state index contributed by atoms with van der Waals surface area (Å²) in [5.74, 6) is 3.71. The molecule has 0 nitrogen and oxygen atoms in total. The summed E-state index contributed by atoms with van der Waals surface area (Å²) in [6.07, 6.45) is 7.44. The highest BCUT2D eigenvalue weighted by Crippen LogP contribution is 2.57. The highest BCUT2D eigenvalue weighted by Gasteiger charge is 2.44. The Balaban J connectivity index is 2.88. The van der Waals surface area contributed by atoms with Gasteiger partial charge in [-0.25, -0.2) is 10.0 Å². The molecule has 0 aliphatic heterocycles. The van der Waals surface area contributed by atoms with Crippen LogP contribution in [-0.2, 0) is 0 Å². The fourth-order valence-corrected chi connectivity index (χ4v) is 6.39. The average molecular weight is 202 g/mol. The largest absolute Gasteiger partial charge is 0.246 e. The zero-order valence-corrected chi connectivity index (χ0v) is 11.1. The summed E-state index contributed by atoms with van der Waals surface area (Å²) >= 11 is 0. The molecule has 1 aliphatic rings. The van der Waals surface area contributed by atoms with E-state index in [1.54, 1.807) is 0 Å². The van der Waals surface area contributed by atoms with Crippen LogP contribution in [0.25, 0.3) is 0 Å². The first-order valence-electron chi connectivity index (χ1n) is 5.44. The minimum atomic E-state index is -0.367. The van der Waals surface area contributed by atoms with Crippen molar-refractivity contribution >= 4 is 10.0 Å². The second-order valence-corrected chi connectivity index (χ2v) is 10.2. The SMILES string of the molecule is CC1C(C)C(C)C(S(C)(C)C)C1C. The van der Waals surface area contributed by atoms with Gasteiger partial charge < -0.3 is 0 Å². The lowest BCUT2D eigenvalue weighted by molar-refractivity contribution is 0.352. The standard InChI is InChI=1S/C12H26S/c1-8-9(2)11(4)12(10(8)3)13(5,6)7/h8-12H,1-7H3. The molecule has 0 heterocycles. The van der Waals surface area contributed by atoms with Crippen LogP contribution in [0.2, 0.25) is 0 Å². The highest BCUT2D eigenvalue weighted by molar-refractivity contribution is 8.32. The molecule has 0 aromatic heterocycles. The van der Waals surface area contributed by atoms with Crippen LogP contribution >= 0.6 is 10.0 Å². The lowest BCUT2D eigenvalue weighted by atomic mass is 9.92. The third-order valence-corrected chi connectivity index (χ3v) is 6.83. The summed E-state index contributed by atoms with van der Waals surface area (Å²) in [5, 5.41) is 0.984. The molecule has 0 radical (unpaired) electrons. The zero-order valence-electron chi connectivity index (χ0n) is 10.3. The summed E-state index contributed by atoms with van der Waals surface area (Å²) in [7, 11) is -0.367. The summed E-state index contributed by atoms with van der Waals surface area (Å²) in [6, 6.07) is 0. The lowest BCUT2D eigenvalue weighted by Gasteiger charge is -2.39. The Labute approximate surface area is 85.8 Å². The Bertz CT molecular complexity index is 166. The van der Waals surface area contributed by atoms with Crippen molar-refractivity contribution in [1.29, 1.82) is 0 Å². The first-order valence-corrected chi connectivity index (χ1v) is 8.36. The maximum atomic E-state index is 2.48. The van der Waals surface area contributed by atoms with Crippen molar-refractivity contribution in [3.8, 4) is 0 Å². The van der Waals surface area contributed by atoms with E-state index in [4.69, 9.17) is 0 Å². The quantitative estimate of drug-likeness (QED) is 0.609. The van der Waals surface area contributed by atoms with Gasteiger partial charge in [-0.15, -0.1) is 0 Å². The number of hydrogen-bond acceptors (Lipinski definition) is 0. The zero-order chi connectivity index (χ0) is 10.4. The molecule has 0 aromatic carbocycles.